The van der Waals surface area contributed by atoms with E-state index in [1.807, 2.05) is 0 Å². The summed E-state index contributed by atoms with van der Waals surface area (Å²) in [6.07, 6.45) is -4.03. The van der Waals surface area contributed by atoms with Crippen LogP contribution in [0.3, 0.4) is 0 Å². The number of nitrogens with one attached hydrogen (secondary N) is 2. The molecule has 40 heavy (non-hydrogen) atoms. The predicted octanol–water partition coefficient (Wildman–Crippen LogP) is 6.54. The molecular formula is C28H23BrF3N3O4S. The largest absolute Gasteiger partial charge is 0.416 e. The predicted molar refractivity (Wildman–Crippen MR) is 150 cm³/mol. The van der Waals surface area contributed by atoms with Gasteiger partial charge in [-0.15, -0.1) is 0 Å². The molecule has 0 radical (unpaired) electrons. The van der Waals surface area contributed by atoms with Crippen molar-refractivity contribution in [3.8, 4) is 0 Å². The van der Waals surface area contributed by atoms with Gasteiger partial charge in [0.2, 0.25) is 0 Å². The SMILES string of the molecule is COCCCN1C(=O)C(Nc2ccc(Br)cc2)=C(Sc2cccc(NC(=O)c3ccc(C(F)(F)F)cc3)c2)C1=O. The highest BCUT2D eigenvalue weighted by Gasteiger charge is 2.39. The molecule has 3 aromatic rings. The number of amides is 3. The minimum atomic E-state index is -4.50. The van der Waals surface area contributed by atoms with Crippen molar-refractivity contribution in [2.24, 2.45) is 0 Å². The Balaban J connectivity index is 1.55. The number of methoxy groups -OCH3 is 1. The van der Waals surface area contributed by atoms with Crippen LogP contribution in [-0.4, -0.2) is 42.9 Å². The van der Waals surface area contributed by atoms with Crippen molar-refractivity contribution in [3.05, 3.63) is 99.0 Å². The molecule has 0 spiro atoms. The molecule has 1 aliphatic heterocycles. The number of ether oxygens (including phenoxy) is 1. The van der Waals surface area contributed by atoms with Crippen molar-refractivity contribution in [1.29, 1.82) is 0 Å². The number of rotatable bonds is 10. The fraction of sp³-hybridized carbons (Fsp3) is 0.179. The quantitative estimate of drug-likeness (QED) is 0.195. The van der Waals surface area contributed by atoms with Gasteiger partial charge in [0.1, 0.15) is 10.6 Å². The summed E-state index contributed by atoms with van der Waals surface area (Å²) in [5.74, 6) is -1.51. The minimum absolute atomic E-state index is 0.0537. The summed E-state index contributed by atoms with van der Waals surface area (Å²) in [6.45, 7) is 0.569. The van der Waals surface area contributed by atoms with Crippen LogP contribution in [0.1, 0.15) is 22.3 Å². The Morgan fingerprint density at radius 2 is 1.68 bits per heavy atom. The fourth-order valence-corrected chi connectivity index (χ4v) is 5.05. The van der Waals surface area contributed by atoms with Crippen LogP contribution in [0.4, 0.5) is 24.5 Å². The summed E-state index contributed by atoms with van der Waals surface area (Å²) >= 11 is 4.44. The van der Waals surface area contributed by atoms with Gasteiger partial charge in [-0.1, -0.05) is 33.8 Å². The van der Waals surface area contributed by atoms with Crippen molar-refractivity contribution in [3.63, 3.8) is 0 Å². The van der Waals surface area contributed by atoms with E-state index in [1.54, 1.807) is 48.5 Å². The normalized spacial score (nSPS) is 13.7. The van der Waals surface area contributed by atoms with Gasteiger partial charge in [-0.3, -0.25) is 19.3 Å². The van der Waals surface area contributed by atoms with Crippen molar-refractivity contribution in [2.45, 2.75) is 17.5 Å². The molecule has 0 saturated carbocycles. The van der Waals surface area contributed by atoms with E-state index < -0.39 is 29.5 Å². The van der Waals surface area contributed by atoms with Gasteiger partial charge < -0.3 is 15.4 Å². The highest BCUT2D eigenvalue weighted by atomic mass is 79.9. The first kappa shape index (κ1) is 29.4. The number of hydrogen-bond acceptors (Lipinski definition) is 6. The number of carbonyl (C=O) groups is 3. The van der Waals surface area contributed by atoms with Crippen molar-refractivity contribution >= 4 is 56.8 Å². The second-order valence-electron chi connectivity index (χ2n) is 8.60. The molecule has 3 aromatic carbocycles. The Bertz CT molecular complexity index is 1440. The lowest BCUT2D eigenvalue weighted by Crippen LogP contribution is -2.33. The Kier molecular flexibility index (Phi) is 9.33. The van der Waals surface area contributed by atoms with Gasteiger partial charge in [0.25, 0.3) is 17.7 Å². The van der Waals surface area contributed by atoms with Crippen LogP contribution in [0.25, 0.3) is 0 Å². The van der Waals surface area contributed by atoms with E-state index in [0.29, 0.717) is 29.3 Å². The van der Waals surface area contributed by atoms with Crippen LogP contribution >= 0.6 is 27.7 Å². The second-order valence-corrected chi connectivity index (χ2v) is 10.6. The molecule has 0 unspecified atom stereocenters. The molecule has 2 N–H and O–H groups in total. The van der Waals surface area contributed by atoms with Crippen LogP contribution < -0.4 is 10.6 Å². The molecule has 0 aromatic heterocycles. The average Bonchev–Trinajstić information content (AvgIpc) is 3.13. The van der Waals surface area contributed by atoms with Crippen LogP contribution in [-0.2, 0) is 20.5 Å². The molecule has 3 amide bonds. The molecule has 4 rings (SSSR count). The van der Waals surface area contributed by atoms with Crippen molar-refractivity contribution in [1.82, 2.24) is 4.90 Å². The van der Waals surface area contributed by atoms with Gasteiger partial charge in [0.05, 0.1) is 5.56 Å². The maximum atomic E-state index is 13.3. The first-order valence-electron chi connectivity index (χ1n) is 12.0. The number of alkyl halides is 3. The molecule has 208 valence electrons. The molecular weight excluding hydrogens is 611 g/mol. The molecule has 0 bridgehead atoms. The number of thioether (sulfide) groups is 1. The summed E-state index contributed by atoms with van der Waals surface area (Å²) in [6, 6.07) is 17.6. The van der Waals surface area contributed by atoms with E-state index in [9.17, 15) is 27.6 Å². The van der Waals surface area contributed by atoms with E-state index in [-0.39, 0.29) is 22.7 Å². The molecule has 0 aliphatic carbocycles. The van der Waals surface area contributed by atoms with E-state index >= 15 is 0 Å². The summed E-state index contributed by atoms with van der Waals surface area (Å²) in [4.78, 5) is 41.1. The first-order chi connectivity index (χ1) is 19.1. The highest BCUT2D eigenvalue weighted by Crippen LogP contribution is 2.37. The number of hydrogen-bond donors (Lipinski definition) is 2. The van der Waals surface area contributed by atoms with Gasteiger partial charge in [-0.25, -0.2) is 0 Å². The summed E-state index contributed by atoms with van der Waals surface area (Å²) in [5, 5.41) is 5.72. The number of anilines is 2. The monoisotopic (exact) mass is 633 g/mol. The smallest absolute Gasteiger partial charge is 0.385 e. The van der Waals surface area contributed by atoms with Crippen molar-refractivity contribution < 1.29 is 32.3 Å². The molecule has 0 fully saturated rings. The third-order valence-electron chi connectivity index (χ3n) is 5.76. The average molecular weight is 634 g/mol. The van der Waals surface area contributed by atoms with Crippen LogP contribution in [0.15, 0.2) is 92.8 Å². The Labute approximate surface area is 240 Å². The van der Waals surface area contributed by atoms with Crippen LogP contribution in [0.2, 0.25) is 0 Å². The second kappa shape index (κ2) is 12.7. The maximum Gasteiger partial charge on any atom is 0.416 e. The van der Waals surface area contributed by atoms with E-state index in [1.165, 1.54) is 12.0 Å². The number of nitrogens with zero attached hydrogens (tertiary/aromatic N) is 1. The molecule has 1 aliphatic rings. The zero-order valence-corrected chi connectivity index (χ0v) is 23.5. The zero-order valence-electron chi connectivity index (χ0n) is 21.0. The Morgan fingerprint density at radius 3 is 2.33 bits per heavy atom. The molecule has 7 nitrogen and oxygen atoms in total. The topological polar surface area (TPSA) is 87.7 Å². The van der Waals surface area contributed by atoms with Crippen LogP contribution in [0, 0.1) is 0 Å². The molecule has 12 heteroatoms. The Hall–Kier alpha value is -3.61. The van der Waals surface area contributed by atoms with Gasteiger partial charge in [0.15, 0.2) is 0 Å². The number of carbonyl (C=O) groups excluding carboxylic acids is 3. The molecule has 0 saturated heterocycles. The maximum absolute atomic E-state index is 13.3. The lowest BCUT2D eigenvalue weighted by molar-refractivity contribution is -0.138. The first-order valence-corrected chi connectivity index (χ1v) is 13.6. The number of halogens is 4. The standard InChI is InChI=1S/C28H23BrF3N3O4S/c1-39-15-3-14-35-26(37)23(33-20-12-10-19(29)11-13-20)24(27(35)38)40-22-5-2-4-21(16-22)34-25(36)17-6-8-18(9-7-17)28(30,31)32/h2,4-13,16,33H,3,14-15H2,1H3,(H,34,36). The van der Waals surface area contributed by atoms with E-state index in [2.05, 4.69) is 26.6 Å². The fourth-order valence-electron chi connectivity index (χ4n) is 3.78. The lowest BCUT2D eigenvalue weighted by atomic mass is 10.1. The summed E-state index contributed by atoms with van der Waals surface area (Å²) in [5.41, 5.74) is 0.322. The lowest BCUT2D eigenvalue weighted by Gasteiger charge is -2.14. The van der Waals surface area contributed by atoms with Gasteiger partial charge >= 0.3 is 6.18 Å². The number of imide groups is 1. The Morgan fingerprint density at radius 1 is 0.975 bits per heavy atom. The van der Waals surface area contributed by atoms with Crippen LogP contribution in [0.5, 0.6) is 0 Å². The molecule has 1 heterocycles. The van der Waals surface area contributed by atoms with Crippen molar-refractivity contribution in [2.75, 3.05) is 30.9 Å². The van der Waals surface area contributed by atoms with E-state index in [0.717, 1.165) is 40.5 Å². The van der Waals surface area contributed by atoms with E-state index in [4.69, 9.17) is 4.74 Å². The third-order valence-corrected chi connectivity index (χ3v) is 7.36. The highest BCUT2D eigenvalue weighted by molar-refractivity contribution is 9.10. The summed E-state index contributed by atoms with van der Waals surface area (Å²) < 4.78 is 44.4. The third kappa shape index (κ3) is 7.12. The number of benzene rings is 3. The molecule has 0 atom stereocenters. The van der Waals surface area contributed by atoms with Gasteiger partial charge in [-0.05, 0) is 73.2 Å². The summed E-state index contributed by atoms with van der Waals surface area (Å²) in [7, 11) is 1.54. The van der Waals surface area contributed by atoms with Gasteiger partial charge in [0, 0.05) is 46.6 Å². The zero-order chi connectivity index (χ0) is 28.9. The minimum Gasteiger partial charge on any atom is -0.385 e. The van der Waals surface area contributed by atoms with Gasteiger partial charge in [-0.2, -0.15) is 13.2 Å².